The number of aromatic nitrogens is 2. The highest BCUT2D eigenvalue weighted by Crippen LogP contribution is 2.25. The number of aryl methyl sites for hydroxylation is 1. The van der Waals surface area contributed by atoms with Gasteiger partial charge >= 0.3 is 0 Å². The van der Waals surface area contributed by atoms with E-state index >= 15 is 0 Å². The minimum absolute atomic E-state index is 0.0591. The Bertz CT molecular complexity index is 764. The molecular weight excluding hydrogens is 281 g/mol. The van der Waals surface area contributed by atoms with Crippen molar-refractivity contribution in [2.24, 2.45) is 13.0 Å². The highest BCUT2D eigenvalue weighted by molar-refractivity contribution is 5.83. The Balaban J connectivity index is 2.58. The number of anilines is 1. The van der Waals surface area contributed by atoms with Gasteiger partial charge in [0.25, 0.3) is 5.56 Å². The lowest BCUT2D eigenvalue weighted by Crippen LogP contribution is -2.18. The van der Waals surface area contributed by atoms with Gasteiger partial charge in [-0.2, -0.15) is 0 Å². The molecule has 0 aliphatic rings. The molecule has 2 heterocycles. The number of hydrogen-bond donors (Lipinski definition) is 1. The van der Waals surface area contributed by atoms with Crippen LogP contribution >= 0.6 is 0 Å². The van der Waals surface area contributed by atoms with E-state index < -0.39 is 6.67 Å². The Morgan fingerprint density at radius 1 is 1.45 bits per heavy atom. The van der Waals surface area contributed by atoms with E-state index in [1.54, 1.807) is 24.7 Å². The van der Waals surface area contributed by atoms with Gasteiger partial charge in [-0.3, -0.25) is 9.18 Å². The van der Waals surface area contributed by atoms with Crippen LogP contribution in [-0.2, 0) is 7.05 Å². The number of allylic oxidation sites excluding steroid dienone is 1. The van der Waals surface area contributed by atoms with Crippen molar-refractivity contribution in [3.05, 3.63) is 46.5 Å². The van der Waals surface area contributed by atoms with Crippen LogP contribution in [0.3, 0.4) is 0 Å². The first-order valence-electron chi connectivity index (χ1n) is 7.37. The molecule has 2 aromatic rings. The standard InChI is InChI=1S/C17H22FN3O/c1-10(2)13-8-15(19-12(4)11(3)9-18)20-14-6-7-21(5)17(22)16(13)14/h6-8,10-11H,4,9H2,1-3,5H3,(H,19,20). The number of hydrogen-bond acceptors (Lipinski definition) is 3. The predicted octanol–water partition coefficient (Wildman–Crippen LogP) is 3.59. The maximum absolute atomic E-state index is 12.7. The zero-order valence-electron chi connectivity index (χ0n) is 13.5. The number of nitrogens with one attached hydrogen (secondary N) is 1. The van der Waals surface area contributed by atoms with E-state index in [4.69, 9.17) is 0 Å². The molecule has 0 aliphatic carbocycles. The first-order chi connectivity index (χ1) is 10.3. The SMILES string of the molecule is C=C(Nc1cc(C(C)C)c2c(=O)n(C)ccc2n1)C(C)CF. The fourth-order valence-electron chi connectivity index (χ4n) is 2.27. The molecule has 0 spiro atoms. The fraction of sp³-hybridized carbons (Fsp3) is 0.412. The van der Waals surface area contributed by atoms with Crippen LogP contribution in [0.5, 0.6) is 0 Å². The van der Waals surface area contributed by atoms with Gasteiger partial charge in [-0.25, -0.2) is 4.98 Å². The summed E-state index contributed by atoms with van der Waals surface area (Å²) in [4.78, 5) is 16.8. The first-order valence-corrected chi connectivity index (χ1v) is 7.37. The lowest BCUT2D eigenvalue weighted by atomic mass is 9.99. The zero-order valence-corrected chi connectivity index (χ0v) is 13.5. The summed E-state index contributed by atoms with van der Waals surface area (Å²) < 4.78 is 14.3. The highest BCUT2D eigenvalue weighted by Gasteiger charge is 2.14. The lowest BCUT2D eigenvalue weighted by Gasteiger charge is -2.16. The second-order valence-electron chi connectivity index (χ2n) is 5.95. The van der Waals surface area contributed by atoms with Crippen molar-refractivity contribution < 1.29 is 4.39 Å². The lowest BCUT2D eigenvalue weighted by molar-refractivity contribution is 0.419. The van der Waals surface area contributed by atoms with Crippen LogP contribution in [0.4, 0.5) is 10.2 Å². The molecule has 1 atom stereocenters. The maximum Gasteiger partial charge on any atom is 0.260 e. The maximum atomic E-state index is 12.7. The van der Waals surface area contributed by atoms with E-state index in [1.165, 1.54) is 0 Å². The Morgan fingerprint density at radius 2 is 2.14 bits per heavy atom. The summed E-state index contributed by atoms with van der Waals surface area (Å²) in [6, 6.07) is 3.67. The topological polar surface area (TPSA) is 46.9 Å². The average Bonchev–Trinajstić information content (AvgIpc) is 2.49. The molecule has 2 aromatic heterocycles. The summed E-state index contributed by atoms with van der Waals surface area (Å²) in [7, 11) is 1.73. The highest BCUT2D eigenvalue weighted by atomic mass is 19.1. The first kappa shape index (κ1) is 16.2. The molecule has 2 rings (SSSR count). The van der Waals surface area contributed by atoms with Crippen molar-refractivity contribution in [2.75, 3.05) is 12.0 Å². The van der Waals surface area contributed by atoms with Gasteiger partial charge in [0.2, 0.25) is 0 Å². The van der Waals surface area contributed by atoms with Crippen molar-refractivity contribution in [2.45, 2.75) is 26.7 Å². The second-order valence-corrected chi connectivity index (χ2v) is 5.95. The minimum atomic E-state index is -0.475. The van der Waals surface area contributed by atoms with Crippen molar-refractivity contribution in [3.8, 4) is 0 Å². The van der Waals surface area contributed by atoms with Crippen LogP contribution in [0.15, 0.2) is 35.4 Å². The van der Waals surface area contributed by atoms with Gasteiger partial charge in [-0.05, 0) is 23.6 Å². The second kappa shape index (κ2) is 6.30. The van der Waals surface area contributed by atoms with E-state index in [0.717, 1.165) is 5.56 Å². The van der Waals surface area contributed by atoms with Crippen LogP contribution in [0.2, 0.25) is 0 Å². The number of halogens is 1. The van der Waals surface area contributed by atoms with E-state index in [1.807, 2.05) is 26.0 Å². The molecule has 0 bridgehead atoms. The zero-order chi connectivity index (χ0) is 16.4. The number of rotatable bonds is 5. The average molecular weight is 303 g/mol. The van der Waals surface area contributed by atoms with Crippen LogP contribution in [-0.4, -0.2) is 16.2 Å². The van der Waals surface area contributed by atoms with Gasteiger partial charge in [0.15, 0.2) is 0 Å². The number of pyridine rings is 2. The van der Waals surface area contributed by atoms with Gasteiger partial charge in [0.1, 0.15) is 5.82 Å². The largest absolute Gasteiger partial charge is 0.344 e. The molecule has 1 N–H and O–H groups in total. The van der Waals surface area contributed by atoms with Gasteiger partial charge in [0.05, 0.1) is 17.6 Å². The smallest absolute Gasteiger partial charge is 0.260 e. The normalized spacial score (nSPS) is 12.6. The summed E-state index contributed by atoms with van der Waals surface area (Å²) in [5, 5.41) is 3.69. The molecule has 5 heteroatoms. The third kappa shape index (κ3) is 3.03. The molecule has 0 saturated carbocycles. The van der Waals surface area contributed by atoms with Crippen molar-refractivity contribution in [1.29, 1.82) is 0 Å². The molecular formula is C17H22FN3O. The van der Waals surface area contributed by atoms with Crippen molar-refractivity contribution in [3.63, 3.8) is 0 Å². The molecule has 0 saturated heterocycles. The van der Waals surface area contributed by atoms with Gasteiger partial charge < -0.3 is 9.88 Å². The number of fused-ring (bicyclic) bond motifs is 1. The molecule has 0 amide bonds. The molecule has 4 nitrogen and oxygen atoms in total. The quantitative estimate of drug-likeness (QED) is 0.918. The Hall–Kier alpha value is -2.17. The molecule has 0 fully saturated rings. The van der Waals surface area contributed by atoms with Crippen LogP contribution < -0.4 is 10.9 Å². The van der Waals surface area contributed by atoms with Gasteiger partial charge in [0, 0.05) is 24.9 Å². The van der Waals surface area contributed by atoms with E-state index in [2.05, 4.69) is 16.9 Å². The monoisotopic (exact) mass is 303 g/mol. The van der Waals surface area contributed by atoms with Gasteiger partial charge in [-0.1, -0.05) is 27.4 Å². The van der Waals surface area contributed by atoms with Crippen LogP contribution in [0.25, 0.3) is 10.9 Å². The molecule has 22 heavy (non-hydrogen) atoms. The Labute approximate surface area is 129 Å². The third-order valence-electron chi connectivity index (χ3n) is 3.81. The van der Waals surface area contributed by atoms with Crippen LogP contribution in [0, 0.1) is 5.92 Å². The molecule has 0 radical (unpaired) electrons. The summed E-state index contributed by atoms with van der Waals surface area (Å²) in [6.45, 7) is 9.20. The number of alkyl halides is 1. The predicted molar refractivity (Wildman–Crippen MR) is 89.0 cm³/mol. The minimum Gasteiger partial charge on any atom is -0.344 e. The number of nitrogens with zero attached hydrogens (tertiary/aromatic N) is 2. The molecule has 0 aliphatic heterocycles. The summed E-state index contributed by atoms with van der Waals surface area (Å²) >= 11 is 0. The van der Waals surface area contributed by atoms with Crippen molar-refractivity contribution >= 4 is 16.7 Å². The molecule has 118 valence electrons. The summed E-state index contributed by atoms with van der Waals surface area (Å²) in [6.07, 6.45) is 1.70. The van der Waals surface area contributed by atoms with Gasteiger partial charge in [-0.15, -0.1) is 0 Å². The van der Waals surface area contributed by atoms with Crippen molar-refractivity contribution in [1.82, 2.24) is 9.55 Å². The summed E-state index contributed by atoms with van der Waals surface area (Å²) in [5.41, 5.74) is 2.08. The third-order valence-corrected chi connectivity index (χ3v) is 3.81. The van der Waals surface area contributed by atoms with E-state index in [9.17, 15) is 9.18 Å². The fourth-order valence-corrected chi connectivity index (χ4v) is 2.27. The Morgan fingerprint density at radius 3 is 2.73 bits per heavy atom. The summed E-state index contributed by atoms with van der Waals surface area (Å²) in [5.74, 6) is 0.478. The van der Waals surface area contributed by atoms with E-state index in [-0.39, 0.29) is 17.4 Å². The molecule has 1 unspecified atom stereocenters. The van der Waals surface area contributed by atoms with E-state index in [0.29, 0.717) is 22.4 Å². The molecule has 0 aromatic carbocycles. The Kier molecular flexibility index (Phi) is 4.64. The van der Waals surface area contributed by atoms with Crippen LogP contribution in [0.1, 0.15) is 32.3 Å².